The minimum Gasteiger partial charge on any atom is -0.494 e. The van der Waals surface area contributed by atoms with E-state index in [4.69, 9.17) is 9.47 Å². The Hall–Kier alpha value is -3.40. The molecule has 1 aliphatic rings. The molecule has 3 N–H and O–H groups in total. The third kappa shape index (κ3) is 5.33. The quantitative estimate of drug-likeness (QED) is 0.435. The second kappa shape index (κ2) is 10.0. The van der Waals surface area contributed by atoms with Crippen molar-refractivity contribution in [3.05, 3.63) is 50.9 Å². The van der Waals surface area contributed by atoms with Crippen LogP contribution in [-0.2, 0) is 28.9 Å². The van der Waals surface area contributed by atoms with E-state index >= 15 is 0 Å². The average Bonchev–Trinajstić information content (AvgIpc) is 3.38. The molecule has 10 heteroatoms. The predicted molar refractivity (Wildman–Crippen MR) is 125 cm³/mol. The maximum absolute atomic E-state index is 12.5. The lowest BCUT2D eigenvalue weighted by atomic mass is 10.2. The van der Waals surface area contributed by atoms with Gasteiger partial charge in [0, 0.05) is 17.7 Å². The SMILES string of the molecule is CCOc1ccc(OC(C)C(=O)NNC(=O)CCc2nc3sc4c(c3c(=O)[nH]2)CCC4)cc1. The normalized spacial score (nSPS) is 13.4. The summed E-state index contributed by atoms with van der Waals surface area (Å²) < 4.78 is 11.0. The van der Waals surface area contributed by atoms with Crippen LogP contribution in [0.3, 0.4) is 0 Å². The van der Waals surface area contributed by atoms with Crippen molar-refractivity contribution in [3.63, 3.8) is 0 Å². The highest BCUT2D eigenvalue weighted by Gasteiger charge is 2.21. The number of H-pyrrole nitrogens is 1. The fraction of sp³-hybridized carbons (Fsp3) is 0.391. The van der Waals surface area contributed by atoms with Crippen LogP contribution >= 0.6 is 11.3 Å². The molecular weight excluding hydrogens is 444 g/mol. The molecule has 0 saturated carbocycles. The van der Waals surface area contributed by atoms with Crippen LogP contribution in [0, 0.1) is 0 Å². The van der Waals surface area contributed by atoms with E-state index in [1.807, 2.05) is 6.92 Å². The summed E-state index contributed by atoms with van der Waals surface area (Å²) in [4.78, 5) is 46.2. The maximum Gasteiger partial charge on any atom is 0.279 e. The van der Waals surface area contributed by atoms with E-state index < -0.39 is 17.9 Å². The maximum atomic E-state index is 12.5. The summed E-state index contributed by atoms with van der Waals surface area (Å²) in [6.07, 6.45) is 2.50. The number of fused-ring (bicyclic) bond motifs is 3. The van der Waals surface area contributed by atoms with Crippen LogP contribution in [-0.4, -0.2) is 34.5 Å². The van der Waals surface area contributed by atoms with Crippen LogP contribution in [0.1, 0.15) is 43.0 Å². The summed E-state index contributed by atoms with van der Waals surface area (Å²) in [5.74, 6) is 0.803. The van der Waals surface area contributed by atoms with Gasteiger partial charge in [-0.15, -0.1) is 11.3 Å². The number of amides is 2. The molecule has 1 aromatic carbocycles. The van der Waals surface area contributed by atoms with Crippen molar-refractivity contribution in [1.29, 1.82) is 0 Å². The van der Waals surface area contributed by atoms with E-state index in [1.54, 1.807) is 42.5 Å². The van der Waals surface area contributed by atoms with Crippen LogP contribution in [0.15, 0.2) is 29.1 Å². The van der Waals surface area contributed by atoms with Gasteiger partial charge in [0.2, 0.25) is 5.91 Å². The highest BCUT2D eigenvalue weighted by molar-refractivity contribution is 7.18. The molecule has 0 saturated heterocycles. The smallest absolute Gasteiger partial charge is 0.279 e. The number of aromatic nitrogens is 2. The minimum atomic E-state index is -0.815. The molecular formula is C23H26N4O5S. The van der Waals surface area contributed by atoms with Crippen molar-refractivity contribution in [2.75, 3.05) is 6.61 Å². The number of hydrogen-bond acceptors (Lipinski definition) is 7. The number of hydrogen-bond donors (Lipinski definition) is 3. The Morgan fingerprint density at radius 1 is 1.18 bits per heavy atom. The molecule has 33 heavy (non-hydrogen) atoms. The Kier molecular flexibility index (Phi) is 6.93. The number of ether oxygens (including phenoxy) is 2. The number of rotatable bonds is 8. The second-order valence-corrected chi connectivity index (χ2v) is 8.84. The molecule has 2 heterocycles. The van der Waals surface area contributed by atoms with Gasteiger partial charge in [0.25, 0.3) is 11.5 Å². The molecule has 0 radical (unpaired) electrons. The first-order valence-electron chi connectivity index (χ1n) is 11.0. The molecule has 2 amide bonds. The fourth-order valence-corrected chi connectivity index (χ4v) is 5.01. The van der Waals surface area contributed by atoms with Crippen molar-refractivity contribution in [2.24, 2.45) is 0 Å². The molecule has 0 fully saturated rings. The second-order valence-electron chi connectivity index (χ2n) is 7.75. The van der Waals surface area contributed by atoms with Crippen molar-refractivity contribution >= 4 is 33.4 Å². The van der Waals surface area contributed by atoms with E-state index in [0.29, 0.717) is 29.3 Å². The first-order chi connectivity index (χ1) is 15.9. The lowest BCUT2D eigenvalue weighted by Gasteiger charge is -2.15. The molecule has 0 aliphatic heterocycles. The Labute approximate surface area is 194 Å². The number of carbonyl (C=O) groups excluding carboxylic acids is 2. The number of aromatic amines is 1. The number of thiophene rings is 1. The highest BCUT2D eigenvalue weighted by atomic mass is 32.1. The van der Waals surface area contributed by atoms with Gasteiger partial charge in [0.1, 0.15) is 22.2 Å². The molecule has 9 nitrogen and oxygen atoms in total. The van der Waals surface area contributed by atoms with Gasteiger partial charge in [-0.1, -0.05) is 0 Å². The van der Waals surface area contributed by atoms with Gasteiger partial charge in [-0.3, -0.25) is 25.2 Å². The largest absolute Gasteiger partial charge is 0.494 e. The number of nitrogens with zero attached hydrogens (tertiary/aromatic N) is 1. The lowest BCUT2D eigenvalue weighted by Crippen LogP contribution is -2.47. The third-order valence-electron chi connectivity index (χ3n) is 5.35. The Morgan fingerprint density at radius 3 is 2.70 bits per heavy atom. The zero-order valence-electron chi connectivity index (χ0n) is 18.5. The average molecular weight is 471 g/mol. The van der Waals surface area contributed by atoms with Crippen LogP contribution in [0.2, 0.25) is 0 Å². The van der Waals surface area contributed by atoms with Gasteiger partial charge >= 0.3 is 0 Å². The Bertz CT molecular complexity index is 1220. The number of carbonyl (C=O) groups is 2. The third-order valence-corrected chi connectivity index (χ3v) is 6.54. The summed E-state index contributed by atoms with van der Waals surface area (Å²) in [5, 5.41) is 0.689. The molecule has 174 valence electrons. The van der Waals surface area contributed by atoms with E-state index in [9.17, 15) is 14.4 Å². The summed E-state index contributed by atoms with van der Waals surface area (Å²) in [6.45, 7) is 4.05. The van der Waals surface area contributed by atoms with Crippen LogP contribution < -0.4 is 25.9 Å². The Morgan fingerprint density at radius 2 is 1.94 bits per heavy atom. The van der Waals surface area contributed by atoms with E-state index in [-0.39, 0.29) is 18.4 Å². The topological polar surface area (TPSA) is 122 Å². The monoisotopic (exact) mass is 470 g/mol. The molecule has 0 bridgehead atoms. The van der Waals surface area contributed by atoms with Gasteiger partial charge in [0.05, 0.1) is 12.0 Å². The van der Waals surface area contributed by atoms with Gasteiger partial charge < -0.3 is 14.5 Å². The number of aryl methyl sites for hydroxylation is 3. The molecule has 1 atom stereocenters. The molecule has 2 aromatic heterocycles. The number of nitrogens with one attached hydrogen (secondary N) is 3. The molecule has 4 rings (SSSR count). The van der Waals surface area contributed by atoms with E-state index in [1.165, 1.54) is 4.88 Å². The van der Waals surface area contributed by atoms with Crippen LogP contribution in [0.25, 0.3) is 10.2 Å². The van der Waals surface area contributed by atoms with E-state index in [2.05, 4.69) is 20.8 Å². The molecule has 0 spiro atoms. The number of benzene rings is 1. The van der Waals surface area contributed by atoms with Crippen molar-refractivity contribution in [1.82, 2.24) is 20.8 Å². The molecule has 1 unspecified atom stereocenters. The standard InChI is InChI=1S/C23H26N4O5S/c1-3-31-14-7-9-15(10-8-14)32-13(2)21(29)27-26-19(28)12-11-18-24-22(30)20-16-5-4-6-17(16)33-23(20)25-18/h7-10,13H,3-6,11-12H2,1-2H3,(H,26,28)(H,27,29)(H,24,25,30). The Balaban J connectivity index is 1.25. The molecule has 1 aliphatic carbocycles. The zero-order chi connectivity index (χ0) is 23.4. The lowest BCUT2D eigenvalue weighted by molar-refractivity contribution is -0.132. The van der Waals surface area contributed by atoms with Crippen molar-refractivity contribution in [3.8, 4) is 11.5 Å². The fourth-order valence-electron chi connectivity index (χ4n) is 3.73. The van der Waals surface area contributed by atoms with Gasteiger partial charge in [-0.25, -0.2) is 4.98 Å². The van der Waals surface area contributed by atoms with Gasteiger partial charge in [-0.05, 0) is 62.9 Å². The predicted octanol–water partition coefficient (Wildman–Crippen LogP) is 2.42. The number of hydrazine groups is 1. The van der Waals surface area contributed by atoms with E-state index in [0.717, 1.165) is 29.7 Å². The first-order valence-corrected chi connectivity index (χ1v) is 11.8. The van der Waals surface area contributed by atoms with Gasteiger partial charge in [-0.2, -0.15) is 0 Å². The van der Waals surface area contributed by atoms with Crippen LogP contribution in [0.5, 0.6) is 11.5 Å². The van der Waals surface area contributed by atoms with Crippen LogP contribution in [0.4, 0.5) is 0 Å². The highest BCUT2D eigenvalue weighted by Crippen LogP contribution is 2.34. The van der Waals surface area contributed by atoms with Gasteiger partial charge in [0.15, 0.2) is 6.10 Å². The summed E-state index contributed by atoms with van der Waals surface area (Å²) in [5.41, 5.74) is 5.70. The molecule has 3 aromatic rings. The zero-order valence-corrected chi connectivity index (χ0v) is 19.3. The summed E-state index contributed by atoms with van der Waals surface area (Å²) in [7, 11) is 0. The summed E-state index contributed by atoms with van der Waals surface area (Å²) >= 11 is 1.56. The van der Waals surface area contributed by atoms with Crippen molar-refractivity contribution < 1.29 is 19.1 Å². The first kappa shape index (κ1) is 22.8. The van der Waals surface area contributed by atoms with Crippen molar-refractivity contribution in [2.45, 2.75) is 52.1 Å². The summed E-state index contributed by atoms with van der Waals surface area (Å²) in [6, 6.07) is 6.93. The minimum absolute atomic E-state index is 0.0634.